The number of aromatic nitrogens is 4. The Labute approximate surface area is 161 Å². The van der Waals surface area contributed by atoms with Crippen molar-refractivity contribution in [2.75, 3.05) is 13.1 Å². The van der Waals surface area contributed by atoms with Crippen molar-refractivity contribution in [1.29, 1.82) is 0 Å². The van der Waals surface area contributed by atoms with Gasteiger partial charge in [-0.25, -0.2) is 0 Å². The third-order valence-electron chi connectivity index (χ3n) is 5.27. The first kappa shape index (κ1) is 19.6. The monoisotopic (exact) mass is 372 g/mol. The average Bonchev–Trinajstić information content (AvgIpc) is 3.01. The molecule has 0 atom stereocenters. The smallest absolute Gasteiger partial charge is 0.242 e. The summed E-state index contributed by atoms with van der Waals surface area (Å²) in [5.74, 6) is 0.626. The van der Waals surface area contributed by atoms with Crippen LogP contribution in [0.2, 0.25) is 0 Å². The molecule has 0 saturated carbocycles. The minimum atomic E-state index is -0.0368. The van der Waals surface area contributed by atoms with Gasteiger partial charge in [-0.1, -0.05) is 13.8 Å². The van der Waals surface area contributed by atoms with Crippen LogP contribution in [0.5, 0.6) is 0 Å². The van der Waals surface area contributed by atoms with Crippen molar-refractivity contribution in [1.82, 2.24) is 29.8 Å². The van der Waals surface area contributed by atoms with Crippen molar-refractivity contribution < 1.29 is 4.79 Å². The lowest BCUT2D eigenvalue weighted by molar-refractivity contribution is -0.122. The van der Waals surface area contributed by atoms with Crippen molar-refractivity contribution in [3.63, 3.8) is 0 Å². The summed E-state index contributed by atoms with van der Waals surface area (Å²) in [6.07, 6.45) is 1.12. The number of hydrogen-bond acceptors (Lipinski definition) is 4. The molecule has 1 amide bonds. The fraction of sp³-hybridized carbons (Fsp3) is 0.650. The van der Waals surface area contributed by atoms with Crippen molar-refractivity contribution in [3.05, 3.63) is 34.4 Å². The highest BCUT2D eigenvalue weighted by molar-refractivity contribution is 5.75. The van der Waals surface area contributed by atoms with Crippen molar-refractivity contribution >= 4 is 5.91 Å². The molecule has 2 aromatic rings. The predicted molar refractivity (Wildman–Crippen MR) is 105 cm³/mol. The SMILES string of the molecule is Cc1nn(CC(=O)NCc2cc3n(n2)CCCN(CC(C)C)C3)c(C)c1C. The Bertz CT molecular complexity index is 804. The zero-order valence-electron chi connectivity index (χ0n) is 17.2. The molecule has 1 N–H and O–H groups in total. The number of aryl methyl sites for hydroxylation is 2. The molecule has 0 aromatic carbocycles. The molecule has 0 saturated heterocycles. The van der Waals surface area contributed by atoms with Gasteiger partial charge in [0.25, 0.3) is 0 Å². The molecule has 148 valence electrons. The first-order valence-electron chi connectivity index (χ1n) is 9.88. The van der Waals surface area contributed by atoms with Crippen LogP contribution in [0, 0.1) is 26.7 Å². The summed E-state index contributed by atoms with van der Waals surface area (Å²) in [4.78, 5) is 14.8. The highest BCUT2D eigenvalue weighted by Crippen LogP contribution is 2.15. The molecule has 0 spiro atoms. The third-order valence-corrected chi connectivity index (χ3v) is 5.27. The van der Waals surface area contributed by atoms with Crippen LogP contribution in [0.25, 0.3) is 0 Å². The van der Waals surface area contributed by atoms with Gasteiger partial charge in [0, 0.05) is 31.9 Å². The van der Waals surface area contributed by atoms with Gasteiger partial charge in [-0.3, -0.25) is 19.1 Å². The summed E-state index contributed by atoms with van der Waals surface area (Å²) in [5.41, 5.74) is 5.33. The van der Waals surface area contributed by atoms with Crippen LogP contribution in [-0.4, -0.2) is 43.5 Å². The normalized spacial score (nSPS) is 15.0. The molecule has 1 aliphatic heterocycles. The van der Waals surface area contributed by atoms with Gasteiger partial charge >= 0.3 is 0 Å². The number of fused-ring (bicyclic) bond motifs is 1. The average molecular weight is 373 g/mol. The molecule has 3 rings (SSSR count). The van der Waals surface area contributed by atoms with E-state index in [0.29, 0.717) is 12.5 Å². The molecule has 2 aromatic heterocycles. The van der Waals surface area contributed by atoms with Crippen molar-refractivity contribution in [2.24, 2.45) is 5.92 Å². The molecular formula is C20H32N6O. The molecule has 0 aliphatic carbocycles. The van der Waals surface area contributed by atoms with E-state index < -0.39 is 0 Å². The van der Waals surface area contributed by atoms with Crippen molar-refractivity contribution in [3.8, 4) is 0 Å². The Morgan fingerprint density at radius 1 is 1.22 bits per heavy atom. The number of amides is 1. The summed E-state index contributed by atoms with van der Waals surface area (Å²) in [6, 6.07) is 2.13. The quantitative estimate of drug-likeness (QED) is 0.844. The van der Waals surface area contributed by atoms with Crippen LogP contribution in [-0.2, 0) is 31.0 Å². The van der Waals surface area contributed by atoms with Gasteiger partial charge < -0.3 is 5.32 Å². The Kier molecular flexibility index (Phi) is 5.99. The number of hydrogen-bond donors (Lipinski definition) is 1. The fourth-order valence-electron chi connectivity index (χ4n) is 3.67. The molecule has 0 bridgehead atoms. The Hall–Kier alpha value is -2.15. The molecule has 0 radical (unpaired) electrons. The summed E-state index contributed by atoms with van der Waals surface area (Å²) in [5, 5.41) is 12.1. The molecule has 7 nitrogen and oxygen atoms in total. The van der Waals surface area contributed by atoms with Gasteiger partial charge in [-0.05, 0) is 44.7 Å². The highest BCUT2D eigenvalue weighted by Gasteiger charge is 2.18. The minimum Gasteiger partial charge on any atom is -0.349 e. The van der Waals surface area contributed by atoms with Crippen LogP contribution in [0.1, 0.15) is 48.6 Å². The van der Waals surface area contributed by atoms with Gasteiger partial charge in [0.05, 0.1) is 23.6 Å². The number of nitrogens with zero attached hydrogens (tertiary/aromatic N) is 5. The Morgan fingerprint density at radius 2 is 2.00 bits per heavy atom. The van der Waals surface area contributed by atoms with E-state index in [9.17, 15) is 4.79 Å². The second-order valence-corrected chi connectivity index (χ2v) is 8.06. The summed E-state index contributed by atoms with van der Waals surface area (Å²) in [7, 11) is 0. The first-order valence-corrected chi connectivity index (χ1v) is 9.88. The lowest BCUT2D eigenvalue weighted by atomic mass is 10.2. The Morgan fingerprint density at radius 3 is 2.67 bits per heavy atom. The van der Waals surface area contributed by atoms with E-state index in [4.69, 9.17) is 5.10 Å². The van der Waals surface area contributed by atoms with E-state index in [0.717, 1.165) is 55.2 Å². The largest absolute Gasteiger partial charge is 0.349 e. The Balaban J connectivity index is 1.57. The van der Waals surface area contributed by atoms with E-state index in [1.165, 1.54) is 5.69 Å². The van der Waals surface area contributed by atoms with Crippen LogP contribution < -0.4 is 5.32 Å². The number of rotatable bonds is 6. The van der Waals surface area contributed by atoms with E-state index in [2.05, 4.69) is 39.9 Å². The lowest BCUT2D eigenvalue weighted by Gasteiger charge is -2.21. The second kappa shape index (κ2) is 8.25. The number of carbonyl (C=O) groups excluding carboxylic acids is 1. The van der Waals surface area contributed by atoms with E-state index in [1.54, 1.807) is 4.68 Å². The van der Waals surface area contributed by atoms with E-state index in [1.807, 2.05) is 20.8 Å². The molecule has 7 heteroatoms. The summed E-state index contributed by atoms with van der Waals surface area (Å²) < 4.78 is 3.87. The highest BCUT2D eigenvalue weighted by atomic mass is 16.2. The zero-order chi connectivity index (χ0) is 19.6. The van der Waals surface area contributed by atoms with Gasteiger partial charge in [-0.15, -0.1) is 0 Å². The topological polar surface area (TPSA) is 68.0 Å². The number of carbonyl (C=O) groups is 1. The van der Waals surface area contributed by atoms with E-state index in [-0.39, 0.29) is 12.5 Å². The van der Waals surface area contributed by atoms with Crippen molar-refractivity contribution in [2.45, 2.75) is 67.2 Å². The van der Waals surface area contributed by atoms with Gasteiger partial charge in [0.15, 0.2) is 0 Å². The molecule has 1 aliphatic rings. The van der Waals surface area contributed by atoms with Crippen LogP contribution in [0.3, 0.4) is 0 Å². The van der Waals surface area contributed by atoms with Gasteiger partial charge in [-0.2, -0.15) is 10.2 Å². The maximum Gasteiger partial charge on any atom is 0.242 e. The van der Waals surface area contributed by atoms with Crippen LogP contribution in [0.15, 0.2) is 6.07 Å². The second-order valence-electron chi connectivity index (χ2n) is 8.06. The predicted octanol–water partition coefficient (Wildman–Crippen LogP) is 2.18. The maximum atomic E-state index is 12.3. The van der Waals surface area contributed by atoms with E-state index >= 15 is 0 Å². The molecular weight excluding hydrogens is 340 g/mol. The maximum absolute atomic E-state index is 12.3. The molecule has 0 unspecified atom stereocenters. The first-order chi connectivity index (χ1) is 12.8. The third kappa shape index (κ3) is 4.77. The molecule has 3 heterocycles. The standard InChI is InChI=1S/C20H32N6O/c1-14(2)11-24-7-6-8-25-19(12-24)9-18(23-25)10-21-20(27)13-26-17(5)15(3)16(4)22-26/h9,14H,6-8,10-13H2,1-5H3,(H,21,27). The molecule has 0 fully saturated rings. The van der Waals surface area contributed by atoms with Crippen LogP contribution in [0.4, 0.5) is 0 Å². The zero-order valence-corrected chi connectivity index (χ0v) is 17.2. The van der Waals surface area contributed by atoms with Crippen LogP contribution >= 0.6 is 0 Å². The number of nitrogens with one attached hydrogen (secondary N) is 1. The summed E-state index contributed by atoms with van der Waals surface area (Å²) in [6.45, 7) is 15.3. The van der Waals surface area contributed by atoms with Gasteiger partial charge in [0.2, 0.25) is 5.91 Å². The van der Waals surface area contributed by atoms with Gasteiger partial charge in [0.1, 0.15) is 6.54 Å². The molecule has 27 heavy (non-hydrogen) atoms. The fourth-order valence-corrected chi connectivity index (χ4v) is 3.67. The lowest BCUT2D eigenvalue weighted by Crippen LogP contribution is -2.28. The summed E-state index contributed by atoms with van der Waals surface area (Å²) >= 11 is 0. The minimum absolute atomic E-state index is 0.0368.